The second kappa shape index (κ2) is 15.4. The Kier molecular flexibility index (Phi) is 10.4. The van der Waals surface area contributed by atoms with Gasteiger partial charge in [-0.1, -0.05) is 48.5 Å². The molecule has 0 aliphatic carbocycles. The lowest BCUT2D eigenvalue weighted by Gasteiger charge is -2.25. The van der Waals surface area contributed by atoms with E-state index in [2.05, 4.69) is 35.9 Å². The number of carboxylic acid groups (broad SMARTS) is 1. The molecule has 0 saturated carbocycles. The van der Waals surface area contributed by atoms with Gasteiger partial charge in [0.1, 0.15) is 23.9 Å². The number of rotatable bonds is 15. The number of imidazole rings is 1. The molecule has 3 heterocycles. The Labute approximate surface area is 291 Å². The second-order valence-electron chi connectivity index (χ2n) is 12.4. The molecule has 3 aromatic carbocycles. The predicted octanol–water partition coefficient (Wildman–Crippen LogP) is 2.21. The summed E-state index contributed by atoms with van der Waals surface area (Å²) in [7, 11) is 0. The van der Waals surface area contributed by atoms with Crippen molar-refractivity contribution in [3.63, 3.8) is 0 Å². The van der Waals surface area contributed by atoms with E-state index >= 15 is 0 Å². The van der Waals surface area contributed by atoms with Gasteiger partial charge in [0.2, 0.25) is 17.7 Å². The highest BCUT2D eigenvalue weighted by molar-refractivity contribution is 5.95. The molecule has 10 N–H and O–H groups in total. The number of nitrogens with zero attached hydrogens (tertiary/aromatic N) is 1. The van der Waals surface area contributed by atoms with Crippen LogP contribution in [0.4, 0.5) is 0 Å². The second-order valence-corrected chi connectivity index (χ2v) is 12.4. The maximum atomic E-state index is 14.0. The molecule has 3 aromatic heterocycles. The number of aromatic nitrogens is 4. The lowest BCUT2D eigenvalue weighted by atomic mass is 10.0. The van der Waals surface area contributed by atoms with Crippen LogP contribution in [0.3, 0.4) is 0 Å². The van der Waals surface area contributed by atoms with Gasteiger partial charge in [-0.3, -0.25) is 14.4 Å². The molecule has 262 valence electrons. The molecule has 14 nitrogen and oxygen atoms in total. The van der Waals surface area contributed by atoms with E-state index in [1.54, 1.807) is 24.5 Å². The van der Waals surface area contributed by atoms with Crippen LogP contribution in [-0.4, -0.2) is 78.0 Å². The quantitative estimate of drug-likeness (QED) is 0.0774. The van der Waals surface area contributed by atoms with Crippen LogP contribution in [0.25, 0.3) is 21.8 Å². The van der Waals surface area contributed by atoms with E-state index in [9.17, 15) is 29.4 Å². The van der Waals surface area contributed by atoms with E-state index in [4.69, 9.17) is 5.73 Å². The number of aliphatic carboxylic acids is 1. The first-order valence-corrected chi connectivity index (χ1v) is 16.4. The molecule has 0 radical (unpaired) electrons. The summed E-state index contributed by atoms with van der Waals surface area (Å²) in [6, 6.07) is 16.5. The number of phenolic OH excluding ortho intramolecular Hbond substituents is 1. The van der Waals surface area contributed by atoms with Crippen molar-refractivity contribution in [3.05, 3.63) is 120 Å². The molecule has 14 heteroatoms. The van der Waals surface area contributed by atoms with Gasteiger partial charge in [-0.25, -0.2) is 9.78 Å². The molecular formula is C37H38N8O6. The standard InChI is InChI=1S/C37H38N8O6/c38-28(13-21-9-11-25(46)12-10-21)34(47)43-32(16-24-19-39-20-42-24)36(49)44-31(14-22-17-40-29-7-3-1-5-26(22)29)35(48)45-33(37(50)51)15-23-18-41-30-8-4-2-6-27(23)30/h1-12,17-20,28,31-33,40-41,46H,13-16,38H2,(H,39,42)(H,43,47)(H,44,49)(H,45,48)(H,50,51). The van der Waals surface area contributed by atoms with Gasteiger partial charge in [-0.2, -0.15) is 0 Å². The molecule has 51 heavy (non-hydrogen) atoms. The van der Waals surface area contributed by atoms with Gasteiger partial charge in [-0.05, 0) is 47.4 Å². The summed E-state index contributed by atoms with van der Waals surface area (Å²) in [5, 5.41) is 29.6. The number of phenols is 1. The molecule has 0 aliphatic rings. The van der Waals surface area contributed by atoms with Gasteiger partial charge >= 0.3 is 5.97 Å². The summed E-state index contributed by atoms with van der Waals surface area (Å²) in [6.45, 7) is 0. The highest BCUT2D eigenvalue weighted by Crippen LogP contribution is 2.21. The van der Waals surface area contributed by atoms with Crippen molar-refractivity contribution in [2.45, 2.75) is 49.9 Å². The summed E-state index contributed by atoms with van der Waals surface area (Å²) >= 11 is 0. The first-order valence-electron chi connectivity index (χ1n) is 16.4. The molecule has 0 fully saturated rings. The largest absolute Gasteiger partial charge is 0.508 e. The van der Waals surface area contributed by atoms with Crippen LogP contribution < -0.4 is 21.7 Å². The molecule has 0 spiro atoms. The molecule has 6 rings (SSSR count). The number of nitrogens with one attached hydrogen (secondary N) is 6. The molecule has 3 amide bonds. The third-order valence-corrected chi connectivity index (χ3v) is 8.79. The summed E-state index contributed by atoms with van der Waals surface area (Å²) in [5.74, 6) is -3.16. The number of aromatic hydroxyl groups is 1. The minimum absolute atomic E-state index is 0.00322. The molecular weight excluding hydrogens is 652 g/mol. The Hall–Kier alpha value is -6.41. The van der Waals surface area contributed by atoms with Gasteiger partial charge in [-0.15, -0.1) is 0 Å². The average Bonchev–Trinajstić information content (AvgIpc) is 3.89. The van der Waals surface area contributed by atoms with Crippen molar-refractivity contribution >= 4 is 45.5 Å². The van der Waals surface area contributed by atoms with E-state index in [1.165, 1.54) is 24.7 Å². The monoisotopic (exact) mass is 690 g/mol. The van der Waals surface area contributed by atoms with Crippen LogP contribution in [-0.2, 0) is 44.9 Å². The summed E-state index contributed by atoms with van der Waals surface area (Å²) in [6.07, 6.45) is 6.57. The van der Waals surface area contributed by atoms with Crippen molar-refractivity contribution < 1.29 is 29.4 Å². The van der Waals surface area contributed by atoms with Crippen LogP contribution in [0.15, 0.2) is 97.7 Å². The number of amides is 3. The number of nitrogens with two attached hydrogens (primary N) is 1. The fourth-order valence-corrected chi connectivity index (χ4v) is 6.08. The average molecular weight is 691 g/mol. The molecule has 0 bridgehead atoms. The van der Waals surface area contributed by atoms with Crippen LogP contribution in [0.1, 0.15) is 22.4 Å². The van der Waals surface area contributed by atoms with Gasteiger partial charge < -0.3 is 46.8 Å². The third-order valence-electron chi connectivity index (χ3n) is 8.79. The maximum absolute atomic E-state index is 14.0. The van der Waals surface area contributed by atoms with Gasteiger partial charge in [0.15, 0.2) is 0 Å². The highest BCUT2D eigenvalue weighted by atomic mass is 16.4. The van der Waals surface area contributed by atoms with Gasteiger partial charge in [0.05, 0.1) is 12.4 Å². The Morgan fingerprint density at radius 1 is 0.667 bits per heavy atom. The first-order chi connectivity index (χ1) is 24.6. The van der Waals surface area contributed by atoms with E-state index in [-0.39, 0.29) is 31.4 Å². The SMILES string of the molecule is NC(Cc1ccc(O)cc1)C(=O)NC(Cc1cnc[nH]1)C(=O)NC(Cc1c[nH]c2ccccc12)C(=O)NC(Cc1c[nH]c2ccccc12)C(=O)O. The fourth-order valence-electron chi connectivity index (χ4n) is 6.08. The number of carbonyl (C=O) groups excluding carboxylic acids is 3. The van der Waals surface area contributed by atoms with E-state index < -0.39 is 47.9 Å². The number of para-hydroxylation sites is 2. The number of benzene rings is 3. The van der Waals surface area contributed by atoms with Crippen molar-refractivity contribution in [2.75, 3.05) is 0 Å². The fraction of sp³-hybridized carbons (Fsp3) is 0.216. The zero-order chi connectivity index (χ0) is 35.9. The Morgan fingerprint density at radius 2 is 1.20 bits per heavy atom. The number of H-pyrrole nitrogens is 3. The first kappa shape index (κ1) is 34.5. The maximum Gasteiger partial charge on any atom is 0.326 e. The van der Waals surface area contributed by atoms with Crippen LogP contribution >= 0.6 is 0 Å². The normalized spacial score (nSPS) is 13.7. The number of hydrogen-bond acceptors (Lipinski definition) is 7. The molecule has 4 unspecified atom stereocenters. The summed E-state index contributed by atoms with van der Waals surface area (Å²) in [5.41, 5.74) is 10.6. The van der Waals surface area contributed by atoms with Crippen molar-refractivity contribution in [1.29, 1.82) is 0 Å². The molecule has 0 aliphatic heterocycles. The van der Waals surface area contributed by atoms with Crippen molar-refractivity contribution in [1.82, 2.24) is 35.9 Å². The summed E-state index contributed by atoms with van der Waals surface area (Å²) in [4.78, 5) is 67.0. The lowest BCUT2D eigenvalue weighted by Crippen LogP contribution is -2.58. The molecule has 0 saturated heterocycles. The van der Waals surface area contributed by atoms with E-state index in [1.807, 2.05) is 48.5 Å². The highest BCUT2D eigenvalue weighted by Gasteiger charge is 2.32. The zero-order valence-corrected chi connectivity index (χ0v) is 27.4. The Balaban J connectivity index is 1.23. The third kappa shape index (κ3) is 8.43. The number of aromatic amines is 3. The van der Waals surface area contributed by atoms with E-state index in [0.717, 1.165) is 27.4 Å². The van der Waals surface area contributed by atoms with Gasteiger partial charge in [0, 0.05) is 65.4 Å². The van der Waals surface area contributed by atoms with Crippen LogP contribution in [0, 0.1) is 0 Å². The van der Waals surface area contributed by atoms with Crippen molar-refractivity contribution in [2.24, 2.45) is 5.73 Å². The number of carbonyl (C=O) groups is 4. The molecule has 4 atom stereocenters. The Bertz CT molecular complexity index is 2140. The molecule has 6 aromatic rings. The minimum Gasteiger partial charge on any atom is -0.508 e. The number of hydrogen-bond donors (Lipinski definition) is 9. The predicted molar refractivity (Wildman–Crippen MR) is 190 cm³/mol. The van der Waals surface area contributed by atoms with Gasteiger partial charge in [0.25, 0.3) is 0 Å². The zero-order valence-electron chi connectivity index (χ0n) is 27.4. The smallest absolute Gasteiger partial charge is 0.326 e. The van der Waals surface area contributed by atoms with Crippen LogP contribution in [0.5, 0.6) is 5.75 Å². The summed E-state index contributed by atoms with van der Waals surface area (Å²) < 4.78 is 0. The number of fused-ring (bicyclic) bond motifs is 2. The Morgan fingerprint density at radius 3 is 1.76 bits per heavy atom. The van der Waals surface area contributed by atoms with E-state index in [0.29, 0.717) is 16.8 Å². The lowest BCUT2D eigenvalue weighted by molar-refractivity contribution is -0.142. The van der Waals surface area contributed by atoms with Crippen molar-refractivity contribution in [3.8, 4) is 5.75 Å². The van der Waals surface area contributed by atoms with Crippen LogP contribution in [0.2, 0.25) is 0 Å². The number of carboxylic acids is 1. The minimum atomic E-state index is -1.31. The topological polar surface area (TPSA) is 231 Å².